The molecular weight excluding hydrogens is 833 g/mol. The van der Waals surface area contributed by atoms with E-state index in [0.29, 0.717) is 11.8 Å². The lowest BCUT2D eigenvalue weighted by molar-refractivity contribution is 0.443. The topological polar surface area (TPSA) is 6.48 Å². The molecule has 0 saturated heterocycles. The van der Waals surface area contributed by atoms with Crippen LogP contribution >= 0.6 is 0 Å². The van der Waals surface area contributed by atoms with Crippen molar-refractivity contribution in [3.05, 3.63) is 229 Å². The Morgan fingerprint density at radius 3 is 1.54 bits per heavy atom. The van der Waals surface area contributed by atoms with Crippen LogP contribution in [-0.2, 0) is 5.41 Å². The minimum absolute atomic E-state index is 0.213. The first-order valence-electron chi connectivity index (χ1n) is 25.8. The number of anilines is 6. The van der Waals surface area contributed by atoms with Gasteiger partial charge in [-0.05, 0) is 159 Å². The van der Waals surface area contributed by atoms with Gasteiger partial charge in [0.25, 0.3) is 0 Å². The third kappa shape index (κ3) is 8.04. The number of fused-ring (bicyclic) bond motifs is 4. The number of hydrogen-bond acceptors (Lipinski definition) is 2. The van der Waals surface area contributed by atoms with E-state index in [2.05, 4.69) is 230 Å². The van der Waals surface area contributed by atoms with Gasteiger partial charge in [-0.2, -0.15) is 0 Å². The van der Waals surface area contributed by atoms with Gasteiger partial charge in [-0.25, -0.2) is 0 Å². The van der Waals surface area contributed by atoms with Crippen LogP contribution in [0.25, 0.3) is 44.2 Å². The van der Waals surface area contributed by atoms with Crippen molar-refractivity contribution < 1.29 is 0 Å². The number of nitrogens with zero attached hydrogens (tertiary/aromatic N) is 2. The highest BCUT2D eigenvalue weighted by atomic mass is 15.2. The average molecular weight is 895 g/mol. The molecule has 12 rings (SSSR count). The van der Waals surface area contributed by atoms with E-state index in [1.165, 1.54) is 142 Å². The second-order valence-corrected chi connectivity index (χ2v) is 20.5. The minimum Gasteiger partial charge on any atom is -0.310 e. The van der Waals surface area contributed by atoms with Crippen LogP contribution in [0.1, 0.15) is 112 Å². The summed E-state index contributed by atoms with van der Waals surface area (Å²) < 4.78 is 0. The van der Waals surface area contributed by atoms with Gasteiger partial charge in [-0.1, -0.05) is 198 Å². The lowest BCUT2D eigenvalue weighted by Crippen LogP contribution is -2.17. The monoisotopic (exact) mass is 894 g/mol. The third-order valence-electron chi connectivity index (χ3n) is 16.0. The zero-order valence-electron chi connectivity index (χ0n) is 40.3. The minimum atomic E-state index is -0.213. The van der Waals surface area contributed by atoms with Crippen LogP contribution in [0.3, 0.4) is 0 Å². The summed E-state index contributed by atoms with van der Waals surface area (Å²) in [5, 5.41) is 2.47. The molecule has 0 aromatic heterocycles. The summed E-state index contributed by atoms with van der Waals surface area (Å²) in [7, 11) is 0. The van der Waals surface area contributed by atoms with E-state index >= 15 is 0 Å². The summed E-state index contributed by atoms with van der Waals surface area (Å²) >= 11 is 0. The van der Waals surface area contributed by atoms with Crippen LogP contribution in [0.5, 0.6) is 0 Å². The van der Waals surface area contributed by atoms with Gasteiger partial charge < -0.3 is 9.80 Å². The van der Waals surface area contributed by atoms with Gasteiger partial charge in [0.15, 0.2) is 0 Å². The Labute approximate surface area is 409 Å². The summed E-state index contributed by atoms with van der Waals surface area (Å²) in [6.07, 6.45) is 13.3. The summed E-state index contributed by atoms with van der Waals surface area (Å²) in [5.41, 5.74) is 20.0. The molecule has 3 aliphatic carbocycles. The lowest BCUT2D eigenvalue weighted by Gasteiger charge is -2.32. The lowest BCUT2D eigenvalue weighted by atomic mass is 9.81. The van der Waals surface area contributed by atoms with E-state index in [4.69, 9.17) is 0 Å². The van der Waals surface area contributed by atoms with Crippen molar-refractivity contribution in [3.8, 4) is 33.4 Å². The number of benzene rings is 9. The van der Waals surface area contributed by atoms with Gasteiger partial charge in [-0.15, -0.1) is 0 Å². The van der Waals surface area contributed by atoms with Crippen LogP contribution in [0.4, 0.5) is 34.1 Å². The molecule has 0 amide bonds. The average Bonchev–Trinajstić information content (AvgIpc) is 3.65. The Balaban J connectivity index is 1.04. The first-order chi connectivity index (χ1) is 34.0. The molecule has 0 N–H and O–H groups in total. The van der Waals surface area contributed by atoms with Crippen LogP contribution in [0.2, 0.25) is 0 Å². The Morgan fingerprint density at radius 2 is 0.899 bits per heavy atom. The summed E-state index contributed by atoms with van der Waals surface area (Å²) in [5.74, 6) is 1.31. The fourth-order valence-corrected chi connectivity index (χ4v) is 12.4. The van der Waals surface area contributed by atoms with Crippen molar-refractivity contribution in [1.29, 1.82) is 0 Å². The third-order valence-corrected chi connectivity index (χ3v) is 16.0. The maximum Gasteiger partial charge on any atom is 0.0546 e. The molecule has 0 spiro atoms. The molecule has 2 heteroatoms. The highest BCUT2D eigenvalue weighted by molar-refractivity contribution is 6.06. The number of rotatable bonds is 10. The van der Waals surface area contributed by atoms with Crippen LogP contribution in [0.15, 0.2) is 206 Å². The van der Waals surface area contributed by atoms with Gasteiger partial charge in [0.2, 0.25) is 0 Å². The van der Waals surface area contributed by atoms with Gasteiger partial charge in [0.1, 0.15) is 0 Å². The van der Waals surface area contributed by atoms with Crippen molar-refractivity contribution in [1.82, 2.24) is 0 Å². The fraction of sp³-hybridized carbons (Fsp3) is 0.224. The smallest absolute Gasteiger partial charge is 0.0546 e. The van der Waals surface area contributed by atoms with Gasteiger partial charge >= 0.3 is 0 Å². The molecule has 2 fully saturated rings. The van der Waals surface area contributed by atoms with E-state index in [-0.39, 0.29) is 5.41 Å². The first-order valence-corrected chi connectivity index (χ1v) is 25.8. The van der Waals surface area contributed by atoms with Crippen LogP contribution in [-0.4, -0.2) is 0 Å². The fourth-order valence-electron chi connectivity index (χ4n) is 12.4. The zero-order valence-corrected chi connectivity index (χ0v) is 40.3. The first kappa shape index (κ1) is 43.1. The molecule has 2 saturated carbocycles. The molecule has 0 radical (unpaired) electrons. The molecule has 69 heavy (non-hydrogen) atoms. The van der Waals surface area contributed by atoms with E-state index in [9.17, 15) is 0 Å². The van der Waals surface area contributed by atoms with Crippen molar-refractivity contribution in [2.45, 2.75) is 95.3 Å². The molecular formula is C67H62N2. The number of hydrogen-bond donors (Lipinski definition) is 0. The SMILES string of the molecule is CC1(C)c2cc(N(c3cccc(N(c4ccc(C5CCCCC5)cc4)c4ccc(C5CCCCC5)cc4)c3)c3ccc4ccccc4c3-c3ccccc3)ccc2-c2c(-c3ccccc3)cccc21. The standard InChI is InChI=1S/C67H62N2/c1-67(2)62-32-18-31-60(51-23-11-5-12-24-51)66(62)61-43-42-58(46-63(61)67)69(64-44-37-52-25-15-16-30-59(52)65(64)53-26-13-6-14-27-53)57-29-17-28-56(45-57)68(54-38-33-49(34-39-54)47-19-7-3-8-20-47)55-40-35-50(36-41-55)48-21-9-4-10-22-48/h5-6,11-18,23-48H,3-4,7-10,19-22H2,1-2H3. The normalized spacial score (nSPS) is 15.7. The van der Waals surface area contributed by atoms with Gasteiger partial charge in [-0.3, -0.25) is 0 Å². The largest absolute Gasteiger partial charge is 0.310 e. The second kappa shape index (κ2) is 18.4. The van der Waals surface area contributed by atoms with Crippen molar-refractivity contribution in [3.63, 3.8) is 0 Å². The molecule has 9 aromatic rings. The highest BCUT2D eigenvalue weighted by Crippen LogP contribution is 2.55. The molecule has 0 atom stereocenters. The molecule has 0 heterocycles. The van der Waals surface area contributed by atoms with Crippen molar-refractivity contribution >= 4 is 44.9 Å². The Bertz CT molecular complexity index is 3180. The summed E-state index contributed by atoms with van der Waals surface area (Å²) in [6, 6.07) is 78.1. The van der Waals surface area contributed by atoms with Crippen LogP contribution < -0.4 is 9.80 Å². The van der Waals surface area contributed by atoms with Gasteiger partial charge in [0, 0.05) is 39.4 Å². The van der Waals surface area contributed by atoms with E-state index in [0.717, 1.165) is 22.7 Å². The molecule has 0 aliphatic heterocycles. The van der Waals surface area contributed by atoms with Crippen molar-refractivity contribution in [2.75, 3.05) is 9.80 Å². The molecule has 340 valence electrons. The van der Waals surface area contributed by atoms with E-state index in [1.54, 1.807) is 0 Å². The second-order valence-electron chi connectivity index (χ2n) is 20.5. The Hall–Kier alpha value is -7.16. The maximum atomic E-state index is 2.53. The predicted molar refractivity (Wildman–Crippen MR) is 293 cm³/mol. The van der Waals surface area contributed by atoms with Crippen molar-refractivity contribution in [2.24, 2.45) is 0 Å². The van der Waals surface area contributed by atoms with Gasteiger partial charge in [0.05, 0.1) is 5.69 Å². The molecule has 3 aliphatic rings. The molecule has 0 bridgehead atoms. The Morgan fingerprint density at radius 1 is 0.362 bits per heavy atom. The maximum absolute atomic E-state index is 2.53. The predicted octanol–water partition coefficient (Wildman–Crippen LogP) is 19.5. The van der Waals surface area contributed by atoms with Crippen LogP contribution in [0, 0.1) is 0 Å². The quantitative estimate of drug-likeness (QED) is 0.135. The molecule has 9 aromatic carbocycles. The highest BCUT2D eigenvalue weighted by Gasteiger charge is 2.38. The molecule has 0 unspecified atom stereocenters. The summed E-state index contributed by atoms with van der Waals surface area (Å²) in [4.78, 5) is 5.02. The van der Waals surface area contributed by atoms with E-state index < -0.39 is 0 Å². The Kier molecular flexibility index (Phi) is 11.5. The summed E-state index contributed by atoms with van der Waals surface area (Å²) in [6.45, 7) is 4.81. The zero-order chi connectivity index (χ0) is 46.3. The van der Waals surface area contributed by atoms with E-state index in [1.807, 2.05) is 0 Å². The molecule has 2 nitrogen and oxygen atoms in total.